The summed E-state index contributed by atoms with van der Waals surface area (Å²) in [6, 6.07) is 11.0. The van der Waals surface area contributed by atoms with Gasteiger partial charge < -0.3 is 0 Å². The molecule has 0 saturated carbocycles. The Hall–Kier alpha value is 0.169. The van der Waals surface area contributed by atoms with Gasteiger partial charge in [0.1, 0.15) is 0 Å². The van der Waals surface area contributed by atoms with Crippen LogP contribution in [0, 0.1) is 0 Å². The predicted molar refractivity (Wildman–Crippen MR) is 78.3 cm³/mol. The molecule has 0 radical (unpaired) electrons. The number of rotatable bonds is 1. The van der Waals surface area contributed by atoms with E-state index in [1.54, 1.807) is 0 Å². The summed E-state index contributed by atoms with van der Waals surface area (Å²) in [6.07, 6.45) is 0. The van der Waals surface area contributed by atoms with Crippen LogP contribution in [-0.2, 0) is 0 Å². The predicted octanol–water partition coefficient (Wildman–Crippen LogP) is 4.01. The van der Waals surface area contributed by atoms with E-state index in [0.29, 0.717) is 10.3 Å². The molecule has 0 fully saturated rings. The average molecular weight is 301 g/mol. The second-order valence-electron chi connectivity index (χ2n) is 6.29. The van der Waals surface area contributed by atoms with Gasteiger partial charge in [0.05, 0.1) is 0 Å². The molecule has 0 N–H and O–H groups in total. The first-order valence-electron chi connectivity index (χ1n) is 5.76. The molecule has 1 rings (SSSR count). The molecular formula is C14H23PSe. The Morgan fingerprint density at radius 2 is 1.19 bits per heavy atom. The Labute approximate surface area is 108 Å². The van der Waals surface area contributed by atoms with Gasteiger partial charge in [0.15, 0.2) is 0 Å². The summed E-state index contributed by atoms with van der Waals surface area (Å²) in [5.74, 6) is 0. The zero-order valence-corrected chi connectivity index (χ0v) is 13.8. The van der Waals surface area contributed by atoms with Gasteiger partial charge in [-0.05, 0) is 0 Å². The fourth-order valence-corrected chi connectivity index (χ4v) is 7.34. The third-order valence-corrected chi connectivity index (χ3v) is 16.0. The van der Waals surface area contributed by atoms with Crippen LogP contribution >= 0.6 is 5.51 Å². The van der Waals surface area contributed by atoms with Crippen LogP contribution in [0.4, 0.5) is 0 Å². The number of hydrogen-bond acceptors (Lipinski definition) is 0. The van der Waals surface area contributed by atoms with Gasteiger partial charge in [-0.3, -0.25) is 0 Å². The van der Waals surface area contributed by atoms with Gasteiger partial charge in [0.2, 0.25) is 0 Å². The number of benzene rings is 1. The van der Waals surface area contributed by atoms with Crippen molar-refractivity contribution in [1.82, 2.24) is 0 Å². The summed E-state index contributed by atoms with van der Waals surface area (Å²) in [5.41, 5.74) is -1.31. The van der Waals surface area contributed by atoms with Crippen molar-refractivity contribution in [2.45, 2.75) is 51.9 Å². The first-order valence-corrected chi connectivity index (χ1v) is 9.77. The van der Waals surface area contributed by atoms with Crippen molar-refractivity contribution in [3.05, 3.63) is 30.3 Å². The Morgan fingerprint density at radius 1 is 0.812 bits per heavy atom. The second-order valence-corrected chi connectivity index (χ2v) is 14.2. The van der Waals surface area contributed by atoms with Crippen molar-refractivity contribution >= 4 is 25.9 Å². The summed E-state index contributed by atoms with van der Waals surface area (Å²) in [4.78, 5) is 0. The van der Waals surface area contributed by atoms with Crippen LogP contribution in [0.2, 0.25) is 0 Å². The molecule has 90 valence electrons. The van der Waals surface area contributed by atoms with Gasteiger partial charge in [0.25, 0.3) is 0 Å². The van der Waals surface area contributed by atoms with Crippen LogP contribution in [-0.4, -0.2) is 25.4 Å². The molecule has 0 bridgehead atoms. The molecule has 1 aromatic carbocycles. The SMILES string of the molecule is CC(C)(C)P(=[Se])(c1ccccc1)C(C)(C)C. The molecule has 0 aromatic heterocycles. The zero-order chi connectivity index (χ0) is 12.6. The van der Waals surface area contributed by atoms with Gasteiger partial charge in [-0.25, -0.2) is 0 Å². The maximum absolute atomic E-state index is 3.60. The summed E-state index contributed by atoms with van der Waals surface area (Å²) in [7, 11) is 0. The molecule has 0 aliphatic carbocycles. The number of hydrogen-bond donors (Lipinski definition) is 0. The van der Waals surface area contributed by atoms with Crippen LogP contribution in [0.1, 0.15) is 41.5 Å². The second kappa shape index (κ2) is 4.45. The minimum absolute atomic E-state index is 0.298. The fraction of sp³-hybridized carbons (Fsp3) is 0.571. The Kier molecular flexibility index (Phi) is 3.96. The third kappa shape index (κ3) is 2.37. The monoisotopic (exact) mass is 302 g/mol. The van der Waals surface area contributed by atoms with E-state index < -0.39 is 5.51 Å². The maximum atomic E-state index is 3.60. The van der Waals surface area contributed by atoms with Crippen molar-refractivity contribution in [3.8, 4) is 0 Å². The van der Waals surface area contributed by atoms with Gasteiger partial charge in [0, 0.05) is 0 Å². The quantitative estimate of drug-likeness (QED) is 0.543. The van der Waals surface area contributed by atoms with Gasteiger partial charge in [-0.15, -0.1) is 0 Å². The molecule has 0 aliphatic heterocycles. The summed E-state index contributed by atoms with van der Waals surface area (Å²) < 4.78 is 0. The molecule has 0 amide bonds. The first kappa shape index (κ1) is 14.2. The average Bonchev–Trinajstić information content (AvgIpc) is 2.14. The van der Waals surface area contributed by atoms with Crippen LogP contribution in [0.15, 0.2) is 30.3 Å². The molecule has 2 heteroatoms. The topological polar surface area (TPSA) is 0 Å². The molecule has 16 heavy (non-hydrogen) atoms. The zero-order valence-electron chi connectivity index (χ0n) is 11.2. The van der Waals surface area contributed by atoms with Crippen LogP contribution in [0.3, 0.4) is 0 Å². The van der Waals surface area contributed by atoms with Crippen LogP contribution < -0.4 is 5.30 Å². The standard InChI is InChI=1S/C14H23PSe/c1-13(2,3)15(16,14(4,5)6)12-10-8-7-9-11-12/h7-11H,1-6H3. The summed E-state index contributed by atoms with van der Waals surface area (Å²) in [6.45, 7) is 14.1. The molecule has 0 atom stereocenters. The Bertz CT molecular complexity index is 375. The minimum atomic E-state index is -1.31. The summed E-state index contributed by atoms with van der Waals surface area (Å²) >= 11 is 3.60. The van der Waals surface area contributed by atoms with E-state index >= 15 is 0 Å². The first-order chi connectivity index (χ1) is 7.11. The van der Waals surface area contributed by atoms with Crippen molar-refractivity contribution in [2.24, 2.45) is 0 Å². The summed E-state index contributed by atoms with van der Waals surface area (Å²) in [5, 5.41) is 2.09. The molecule has 0 heterocycles. The van der Waals surface area contributed by atoms with E-state index in [1.165, 1.54) is 5.30 Å². The van der Waals surface area contributed by atoms with Crippen LogP contribution in [0.5, 0.6) is 0 Å². The van der Waals surface area contributed by atoms with Crippen molar-refractivity contribution in [2.75, 3.05) is 0 Å². The van der Waals surface area contributed by atoms with E-state index in [4.69, 9.17) is 0 Å². The van der Waals surface area contributed by atoms with Gasteiger partial charge >= 0.3 is 108 Å². The third-order valence-electron chi connectivity index (χ3n) is 3.01. The van der Waals surface area contributed by atoms with E-state index in [9.17, 15) is 0 Å². The van der Waals surface area contributed by atoms with E-state index in [1.807, 2.05) is 0 Å². The molecule has 1 aromatic rings. The van der Waals surface area contributed by atoms with E-state index in [0.717, 1.165) is 0 Å². The molecule has 0 spiro atoms. The van der Waals surface area contributed by atoms with Gasteiger partial charge in [-0.1, -0.05) is 0 Å². The molecule has 0 aliphatic rings. The molecule has 0 saturated heterocycles. The Balaban J connectivity index is 3.46. The van der Waals surface area contributed by atoms with E-state index in [-0.39, 0.29) is 0 Å². The molecular weight excluding hydrogens is 278 g/mol. The van der Waals surface area contributed by atoms with Crippen molar-refractivity contribution in [1.29, 1.82) is 0 Å². The van der Waals surface area contributed by atoms with Crippen LogP contribution in [0.25, 0.3) is 0 Å². The fourth-order valence-electron chi connectivity index (χ4n) is 2.42. The Morgan fingerprint density at radius 3 is 1.50 bits per heavy atom. The molecule has 0 nitrogen and oxygen atoms in total. The normalized spacial score (nSPS) is 13.9. The van der Waals surface area contributed by atoms with Gasteiger partial charge in [-0.2, -0.15) is 0 Å². The van der Waals surface area contributed by atoms with Crippen molar-refractivity contribution < 1.29 is 0 Å². The molecule has 0 unspecified atom stereocenters. The van der Waals surface area contributed by atoms with E-state index in [2.05, 4.69) is 87.0 Å². The van der Waals surface area contributed by atoms with Crippen molar-refractivity contribution in [3.63, 3.8) is 0 Å².